The van der Waals surface area contributed by atoms with Gasteiger partial charge in [0.25, 0.3) is 5.91 Å². The first kappa shape index (κ1) is 19.1. The number of fused-ring (bicyclic) bond motifs is 1. The second-order valence-electron chi connectivity index (χ2n) is 7.87. The molecule has 1 saturated carbocycles. The van der Waals surface area contributed by atoms with Crippen LogP contribution in [0.15, 0.2) is 61.1 Å². The molecule has 0 aliphatic heterocycles. The Balaban J connectivity index is 1.42. The summed E-state index contributed by atoms with van der Waals surface area (Å²) in [6, 6.07) is 13.4. The molecule has 2 aromatic heterocycles. The number of para-hydroxylation sites is 1. The highest BCUT2D eigenvalue weighted by Crippen LogP contribution is 2.27. The van der Waals surface area contributed by atoms with Gasteiger partial charge in [-0.2, -0.15) is 0 Å². The van der Waals surface area contributed by atoms with Crippen molar-refractivity contribution in [2.75, 3.05) is 5.32 Å². The standard InChI is InChI=1S/C24H23N5O2/c1-15-12-16(6-9-19(15)24(31)28-18-7-8-18)20-14-27-23-22(25-10-11-29(20)23)26-13-17-4-2-3-5-21(17)30/h2-6,9-12,14,18,30H,7-8,13H2,1H3,(H,25,26)(H,28,31). The fraction of sp³-hybridized carbons (Fsp3) is 0.208. The van der Waals surface area contributed by atoms with Crippen LogP contribution in [-0.2, 0) is 6.54 Å². The predicted octanol–water partition coefficient (Wildman–Crippen LogP) is 3.91. The molecule has 7 nitrogen and oxygen atoms in total. The van der Waals surface area contributed by atoms with Crippen LogP contribution in [0.3, 0.4) is 0 Å². The van der Waals surface area contributed by atoms with Crippen molar-refractivity contribution in [3.63, 3.8) is 0 Å². The number of hydrogen-bond donors (Lipinski definition) is 3. The summed E-state index contributed by atoms with van der Waals surface area (Å²) in [4.78, 5) is 21.4. The van der Waals surface area contributed by atoms with Crippen molar-refractivity contribution < 1.29 is 9.90 Å². The van der Waals surface area contributed by atoms with Crippen molar-refractivity contribution >= 4 is 17.4 Å². The maximum Gasteiger partial charge on any atom is 0.251 e. The molecular formula is C24H23N5O2. The van der Waals surface area contributed by atoms with Crippen molar-refractivity contribution in [3.8, 4) is 17.0 Å². The molecule has 2 heterocycles. The fourth-order valence-corrected chi connectivity index (χ4v) is 3.67. The summed E-state index contributed by atoms with van der Waals surface area (Å²) in [5.41, 5.74) is 5.01. The molecule has 1 aliphatic rings. The molecule has 1 fully saturated rings. The summed E-state index contributed by atoms with van der Waals surface area (Å²) in [6.45, 7) is 2.39. The number of aryl methyl sites for hydroxylation is 1. The number of amides is 1. The van der Waals surface area contributed by atoms with Crippen LogP contribution in [-0.4, -0.2) is 31.4 Å². The Bertz CT molecular complexity index is 1280. The van der Waals surface area contributed by atoms with Crippen LogP contribution in [0.4, 0.5) is 5.82 Å². The van der Waals surface area contributed by atoms with Gasteiger partial charge in [-0.25, -0.2) is 9.97 Å². The van der Waals surface area contributed by atoms with Crippen molar-refractivity contribution in [1.29, 1.82) is 0 Å². The highest BCUT2D eigenvalue weighted by Gasteiger charge is 2.24. The average molecular weight is 413 g/mol. The molecule has 0 radical (unpaired) electrons. The van der Waals surface area contributed by atoms with E-state index in [4.69, 9.17) is 0 Å². The van der Waals surface area contributed by atoms with E-state index in [-0.39, 0.29) is 11.7 Å². The van der Waals surface area contributed by atoms with Crippen molar-refractivity contribution in [2.45, 2.75) is 32.4 Å². The van der Waals surface area contributed by atoms with E-state index in [0.29, 0.717) is 29.6 Å². The van der Waals surface area contributed by atoms with Crippen LogP contribution >= 0.6 is 0 Å². The lowest BCUT2D eigenvalue weighted by atomic mass is 10.0. The molecule has 0 unspecified atom stereocenters. The van der Waals surface area contributed by atoms with Crippen LogP contribution in [0.1, 0.15) is 34.3 Å². The number of carbonyl (C=O) groups excluding carboxylic acids is 1. The molecule has 5 rings (SSSR count). The number of imidazole rings is 1. The van der Waals surface area contributed by atoms with E-state index >= 15 is 0 Å². The minimum Gasteiger partial charge on any atom is -0.508 e. The van der Waals surface area contributed by atoms with Gasteiger partial charge >= 0.3 is 0 Å². The number of aromatic nitrogens is 3. The number of phenolic OH excluding ortho intramolecular Hbond substituents is 1. The highest BCUT2D eigenvalue weighted by molar-refractivity contribution is 5.96. The van der Waals surface area contributed by atoms with Gasteiger partial charge in [0.15, 0.2) is 11.5 Å². The van der Waals surface area contributed by atoms with Gasteiger partial charge < -0.3 is 15.7 Å². The van der Waals surface area contributed by atoms with E-state index in [1.807, 2.05) is 47.9 Å². The lowest BCUT2D eigenvalue weighted by molar-refractivity contribution is 0.0950. The summed E-state index contributed by atoms with van der Waals surface area (Å²) in [5, 5.41) is 16.3. The molecule has 2 aromatic carbocycles. The van der Waals surface area contributed by atoms with Gasteiger partial charge in [-0.15, -0.1) is 0 Å². The van der Waals surface area contributed by atoms with Gasteiger partial charge in [0.1, 0.15) is 5.75 Å². The Labute approximate surface area is 179 Å². The summed E-state index contributed by atoms with van der Waals surface area (Å²) >= 11 is 0. The second kappa shape index (κ2) is 7.75. The molecule has 7 heteroatoms. The van der Waals surface area contributed by atoms with Gasteiger partial charge in [0.2, 0.25) is 0 Å². The first-order chi connectivity index (χ1) is 15.1. The van der Waals surface area contributed by atoms with Crippen molar-refractivity contribution in [1.82, 2.24) is 19.7 Å². The normalized spacial score (nSPS) is 13.3. The Morgan fingerprint density at radius 3 is 2.81 bits per heavy atom. The Hall–Kier alpha value is -3.87. The zero-order valence-electron chi connectivity index (χ0n) is 17.2. The number of rotatable bonds is 6. The highest BCUT2D eigenvalue weighted by atomic mass is 16.3. The number of nitrogens with one attached hydrogen (secondary N) is 2. The molecule has 0 bridgehead atoms. The molecule has 31 heavy (non-hydrogen) atoms. The molecule has 156 valence electrons. The van der Waals surface area contributed by atoms with Gasteiger partial charge in [-0.05, 0) is 43.5 Å². The molecule has 3 N–H and O–H groups in total. The number of hydrogen-bond acceptors (Lipinski definition) is 5. The maximum absolute atomic E-state index is 12.4. The molecule has 4 aromatic rings. The van der Waals surface area contributed by atoms with E-state index in [0.717, 1.165) is 35.2 Å². The summed E-state index contributed by atoms with van der Waals surface area (Å²) in [6.07, 6.45) is 7.53. The van der Waals surface area contributed by atoms with Crippen LogP contribution < -0.4 is 10.6 Å². The zero-order valence-corrected chi connectivity index (χ0v) is 17.2. The number of benzene rings is 2. The van der Waals surface area contributed by atoms with E-state index in [1.54, 1.807) is 24.5 Å². The summed E-state index contributed by atoms with van der Waals surface area (Å²) in [7, 11) is 0. The first-order valence-corrected chi connectivity index (χ1v) is 10.3. The zero-order chi connectivity index (χ0) is 21.4. The first-order valence-electron chi connectivity index (χ1n) is 10.3. The maximum atomic E-state index is 12.4. The van der Waals surface area contributed by atoms with Crippen LogP contribution in [0.2, 0.25) is 0 Å². The molecule has 0 atom stereocenters. The largest absolute Gasteiger partial charge is 0.508 e. The van der Waals surface area contributed by atoms with Gasteiger partial charge in [-0.1, -0.05) is 24.3 Å². The molecule has 0 spiro atoms. The van der Waals surface area contributed by atoms with E-state index in [1.165, 1.54) is 0 Å². The quantitative estimate of drug-likeness (QED) is 0.446. The molecular weight excluding hydrogens is 390 g/mol. The van der Waals surface area contributed by atoms with Gasteiger partial charge in [0, 0.05) is 41.7 Å². The van der Waals surface area contributed by atoms with Crippen molar-refractivity contribution in [3.05, 3.63) is 77.7 Å². The predicted molar refractivity (Wildman–Crippen MR) is 119 cm³/mol. The Morgan fingerprint density at radius 1 is 1.19 bits per heavy atom. The Kier molecular flexibility index (Phi) is 4.78. The minimum atomic E-state index is -0.00968. The lowest BCUT2D eigenvalue weighted by Crippen LogP contribution is -2.26. The number of anilines is 1. The van der Waals surface area contributed by atoms with E-state index < -0.39 is 0 Å². The van der Waals surface area contributed by atoms with E-state index in [2.05, 4.69) is 20.6 Å². The summed E-state index contributed by atoms with van der Waals surface area (Å²) in [5.74, 6) is 0.867. The number of phenols is 1. The SMILES string of the molecule is Cc1cc(-c2cnc3c(NCc4ccccc4O)nccn23)ccc1C(=O)NC1CC1. The van der Waals surface area contributed by atoms with Crippen LogP contribution in [0.25, 0.3) is 16.9 Å². The summed E-state index contributed by atoms with van der Waals surface area (Å²) < 4.78 is 1.97. The third kappa shape index (κ3) is 3.82. The third-order valence-corrected chi connectivity index (χ3v) is 5.55. The topological polar surface area (TPSA) is 91.6 Å². The second-order valence-corrected chi connectivity index (χ2v) is 7.87. The Morgan fingerprint density at radius 2 is 2.03 bits per heavy atom. The van der Waals surface area contributed by atoms with E-state index in [9.17, 15) is 9.90 Å². The minimum absolute atomic E-state index is 0.00968. The van der Waals surface area contributed by atoms with Crippen LogP contribution in [0, 0.1) is 6.92 Å². The fourth-order valence-electron chi connectivity index (χ4n) is 3.67. The third-order valence-electron chi connectivity index (χ3n) is 5.55. The van der Waals surface area contributed by atoms with Gasteiger partial charge in [0.05, 0.1) is 11.9 Å². The monoisotopic (exact) mass is 413 g/mol. The van der Waals surface area contributed by atoms with Crippen molar-refractivity contribution in [2.24, 2.45) is 0 Å². The van der Waals surface area contributed by atoms with Crippen LogP contribution in [0.5, 0.6) is 5.75 Å². The number of carbonyl (C=O) groups is 1. The average Bonchev–Trinajstić information content (AvgIpc) is 3.47. The smallest absolute Gasteiger partial charge is 0.251 e. The molecule has 1 amide bonds. The van der Waals surface area contributed by atoms with Gasteiger partial charge in [-0.3, -0.25) is 9.20 Å². The number of aromatic hydroxyl groups is 1. The molecule has 1 aliphatic carbocycles. The number of nitrogens with zero attached hydrogens (tertiary/aromatic N) is 3. The lowest BCUT2D eigenvalue weighted by Gasteiger charge is -2.10. The molecule has 0 saturated heterocycles.